The third kappa shape index (κ3) is 2.03. The number of alkyl halides is 2. The molecule has 0 fully saturated rings. The Morgan fingerprint density at radius 3 is 2.83 bits per heavy atom. The Morgan fingerprint density at radius 2 is 2.25 bits per heavy atom. The van der Waals surface area contributed by atoms with Crippen LogP contribution in [-0.2, 0) is 0 Å². The molecule has 1 aliphatic rings. The highest BCUT2D eigenvalue weighted by molar-refractivity contribution is 6.03. The van der Waals surface area contributed by atoms with Crippen molar-refractivity contribution in [3.63, 3.8) is 0 Å². The second-order valence-corrected chi connectivity index (χ2v) is 2.66. The number of rotatable bonds is 4. The fourth-order valence-corrected chi connectivity index (χ4v) is 1.03. The predicted molar refractivity (Wildman–Crippen MR) is 43.2 cm³/mol. The normalized spacial score (nSPS) is 16.0. The Labute approximate surface area is 70.3 Å². The number of hydrogen-bond donors (Lipinski definition) is 0. The van der Waals surface area contributed by atoms with Crippen LogP contribution in [0.4, 0.5) is 8.78 Å². The molecule has 0 bridgehead atoms. The van der Waals surface area contributed by atoms with Gasteiger partial charge in [-0.2, -0.15) is 5.43 Å². The molecule has 2 nitrogen and oxygen atoms in total. The predicted octanol–water partition coefficient (Wildman–Crippen LogP) is 2.30. The average Bonchev–Trinajstić information content (AvgIpc) is 2.48. The minimum absolute atomic E-state index is 0.150. The molecule has 0 amide bonds. The zero-order valence-electron chi connectivity index (χ0n) is 6.93. The van der Waals surface area contributed by atoms with E-state index in [1.54, 1.807) is 0 Å². The molecule has 0 N–H and O–H groups in total. The second kappa shape index (κ2) is 4.18. The Balaban J connectivity index is 2.49. The van der Waals surface area contributed by atoms with E-state index in [0.29, 0.717) is 12.0 Å². The zero-order valence-corrected chi connectivity index (χ0v) is 6.93. The lowest BCUT2D eigenvalue weighted by Crippen LogP contribution is -2.10. The molecule has 1 rings (SSSR count). The van der Waals surface area contributed by atoms with Crippen molar-refractivity contribution in [2.45, 2.75) is 32.6 Å². The van der Waals surface area contributed by atoms with Crippen molar-refractivity contribution in [3.05, 3.63) is 11.8 Å². The maximum atomic E-state index is 12.2. The van der Waals surface area contributed by atoms with Gasteiger partial charge in [0.15, 0.2) is 0 Å². The summed E-state index contributed by atoms with van der Waals surface area (Å²) in [4.78, 5) is 0. The van der Waals surface area contributed by atoms with Gasteiger partial charge in [0.05, 0.1) is 6.20 Å². The molecule has 0 spiro atoms. The fourth-order valence-electron chi connectivity index (χ4n) is 1.03. The van der Waals surface area contributed by atoms with Crippen molar-refractivity contribution in [3.8, 4) is 0 Å². The first-order valence-corrected chi connectivity index (χ1v) is 4.01. The van der Waals surface area contributed by atoms with Gasteiger partial charge in [0, 0.05) is 5.57 Å². The van der Waals surface area contributed by atoms with Crippen LogP contribution in [0, 0.1) is 0 Å². The van der Waals surface area contributed by atoms with E-state index in [4.69, 9.17) is 0 Å². The van der Waals surface area contributed by atoms with E-state index in [0.717, 1.165) is 12.8 Å². The lowest BCUT2D eigenvalue weighted by Gasteiger charge is -2.02. The fraction of sp³-hybridized carbons (Fsp3) is 0.625. The van der Waals surface area contributed by atoms with Crippen LogP contribution in [-0.4, -0.2) is 12.1 Å². The largest absolute Gasteiger partial charge is 0.282 e. The highest BCUT2D eigenvalue weighted by Gasteiger charge is 2.21. The lowest BCUT2D eigenvalue weighted by molar-refractivity contribution is 0.225. The average molecular weight is 173 g/mol. The van der Waals surface area contributed by atoms with Crippen LogP contribution in [0.1, 0.15) is 26.2 Å². The molecule has 4 heteroatoms. The Hall–Kier alpha value is -0.930. The zero-order chi connectivity index (χ0) is 8.97. The van der Waals surface area contributed by atoms with E-state index in [1.807, 2.05) is 6.92 Å². The first-order valence-electron chi connectivity index (χ1n) is 4.01. The van der Waals surface area contributed by atoms with Gasteiger partial charge in [-0.25, -0.2) is 8.78 Å². The van der Waals surface area contributed by atoms with Crippen molar-refractivity contribution in [2.24, 2.45) is 5.10 Å². The van der Waals surface area contributed by atoms with Crippen LogP contribution in [0.2, 0.25) is 0 Å². The number of allylic oxidation sites excluding steroid dienone is 1. The van der Waals surface area contributed by atoms with E-state index < -0.39 is 6.43 Å². The van der Waals surface area contributed by atoms with Crippen LogP contribution in [0.5, 0.6) is 0 Å². The summed E-state index contributed by atoms with van der Waals surface area (Å²) in [6.07, 6.45) is 1.50. The van der Waals surface area contributed by atoms with E-state index >= 15 is 0 Å². The molecule has 1 aliphatic heterocycles. The minimum Gasteiger partial charge on any atom is -0.203 e. The molecule has 1 heterocycles. The molecule has 0 aliphatic carbocycles. The topological polar surface area (TPSA) is 26.5 Å². The summed E-state index contributed by atoms with van der Waals surface area (Å²) in [6, 6.07) is 0. The quantitative estimate of drug-likeness (QED) is 0.623. The van der Waals surface area contributed by atoms with E-state index in [-0.39, 0.29) is 5.71 Å². The number of nitrogens with zero attached hydrogens (tertiary/aromatic N) is 2. The maximum absolute atomic E-state index is 12.2. The van der Waals surface area contributed by atoms with Gasteiger partial charge in [-0.3, -0.25) is 0 Å². The van der Waals surface area contributed by atoms with Crippen molar-refractivity contribution < 1.29 is 8.78 Å². The highest BCUT2D eigenvalue weighted by Crippen LogP contribution is 2.17. The van der Waals surface area contributed by atoms with Crippen molar-refractivity contribution >= 4 is 5.71 Å². The molecule has 0 atom stereocenters. The molecule has 12 heavy (non-hydrogen) atoms. The maximum Gasteiger partial charge on any atom is 0.282 e. The summed E-state index contributed by atoms with van der Waals surface area (Å²) in [7, 11) is 0. The Kier molecular flexibility index (Phi) is 3.19. The van der Waals surface area contributed by atoms with Crippen LogP contribution in [0.3, 0.4) is 0 Å². The summed E-state index contributed by atoms with van der Waals surface area (Å²) < 4.78 is 24.4. The van der Waals surface area contributed by atoms with Gasteiger partial charge in [-0.1, -0.05) is 13.3 Å². The number of unbranched alkanes of at least 4 members (excludes halogenated alkanes) is 1. The van der Waals surface area contributed by atoms with Gasteiger partial charge >= 0.3 is 0 Å². The number of hydrogen-bond acceptors (Lipinski definition) is 1. The van der Waals surface area contributed by atoms with Gasteiger partial charge in [0.25, 0.3) is 6.43 Å². The first kappa shape index (κ1) is 9.16. The summed E-state index contributed by atoms with van der Waals surface area (Å²) in [6.45, 7) is 2.02. The molecular formula is C8H11F2N2. The van der Waals surface area contributed by atoms with E-state index in [1.165, 1.54) is 6.20 Å². The second-order valence-electron chi connectivity index (χ2n) is 2.66. The van der Waals surface area contributed by atoms with Gasteiger partial charge in [0.2, 0.25) is 0 Å². The van der Waals surface area contributed by atoms with Crippen molar-refractivity contribution in [2.75, 3.05) is 0 Å². The summed E-state index contributed by atoms with van der Waals surface area (Å²) in [5.74, 6) is 0. The minimum atomic E-state index is -2.49. The third-order valence-electron chi connectivity index (χ3n) is 1.71. The third-order valence-corrected chi connectivity index (χ3v) is 1.71. The smallest absolute Gasteiger partial charge is 0.203 e. The molecule has 0 unspecified atom stereocenters. The van der Waals surface area contributed by atoms with Gasteiger partial charge < -0.3 is 0 Å². The SMILES string of the molecule is CCCCC1=C[N]N=C1C(F)F. The molecular weight excluding hydrogens is 162 g/mol. The summed E-state index contributed by atoms with van der Waals surface area (Å²) in [5.41, 5.74) is 3.91. The molecule has 0 saturated carbocycles. The molecule has 0 aromatic rings. The van der Waals surface area contributed by atoms with Crippen molar-refractivity contribution in [1.82, 2.24) is 5.43 Å². The number of halogens is 2. The highest BCUT2D eigenvalue weighted by atomic mass is 19.3. The molecule has 0 aromatic heterocycles. The molecule has 0 saturated heterocycles. The van der Waals surface area contributed by atoms with Crippen LogP contribution in [0.25, 0.3) is 0 Å². The Bertz CT molecular complexity index is 209. The van der Waals surface area contributed by atoms with Gasteiger partial charge in [0.1, 0.15) is 5.71 Å². The van der Waals surface area contributed by atoms with Crippen LogP contribution in [0.15, 0.2) is 16.9 Å². The van der Waals surface area contributed by atoms with Crippen LogP contribution < -0.4 is 5.43 Å². The summed E-state index contributed by atoms with van der Waals surface area (Å²) >= 11 is 0. The molecule has 67 valence electrons. The first-order chi connectivity index (χ1) is 5.75. The van der Waals surface area contributed by atoms with E-state index in [9.17, 15) is 8.78 Å². The van der Waals surface area contributed by atoms with Crippen molar-refractivity contribution in [1.29, 1.82) is 0 Å². The van der Waals surface area contributed by atoms with Gasteiger partial charge in [-0.05, 0) is 12.8 Å². The monoisotopic (exact) mass is 173 g/mol. The summed E-state index contributed by atoms with van der Waals surface area (Å²) in [5, 5.41) is 3.37. The van der Waals surface area contributed by atoms with Crippen LogP contribution >= 0.6 is 0 Å². The standard InChI is InChI=1S/C8H11F2N2/c1-2-3-4-6-5-11-12-7(6)8(9)10/h5,8H,2-4H2,1H3. The van der Waals surface area contributed by atoms with E-state index in [2.05, 4.69) is 10.5 Å². The Morgan fingerprint density at radius 1 is 1.50 bits per heavy atom. The molecule has 1 radical (unpaired) electrons. The lowest BCUT2D eigenvalue weighted by atomic mass is 10.1. The van der Waals surface area contributed by atoms with Gasteiger partial charge in [-0.15, -0.1) is 5.10 Å². The molecule has 0 aromatic carbocycles.